The molecule has 7 nitrogen and oxygen atoms in total. The number of aromatic nitrogens is 4. The first kappa shape index (κ1) is 14.1. The molecule has 20 heavy (non-hydrogen) atoms. The van der Waals surface area contributed by atoms with E-state index >= 15 is 0 Å². The Morgan fingerprint density at radius 1 is 1.40 bits per heavy atom. The van der Waals surface area contributed by atoms with E-state index in [1.807, 2.05) is 32.2 Å². The van der Waals surface area contributed by atoms with Gasteiger partial charge in [-0.25, -0.2) is 4.68 Å². The van der Waals surface area contributed by atoms with Gasteiger partial charge in [-0.3, -0.25) is 4.79 Å². The van der Waals surface area contributed by atoms with E-state index in [9.17, 15) is 4.79 Å². The average molecular weight is 274 g/mol. The van der Waals surface area contributed by atoms with E-state index in [2.05, 4.69) is 26.2 Å². The van der Waals surface area contributed by atoms with Crippen LogP contribution >= 0.6 is 0 Å². The number of anilines is 1. The molecule has 2 N–H and O–H groups in total. The lowest BCUT2D eigenvalue weighted by atomic mass is 10.1. The zero-order valence-corrected chi connectivity index (χ0v) is 11.6. The topological polar surface area (TPSA) is 84.7 Å². The molecule has 0 fully saturated rings. The Labute approximate surface area is 117 Å². The highest BCUT2D eigenvalue weighted by atomic mass is 16.1. The molecular weight excluding hydrogens is 256 g/mol. The summed E-state index contributed by atoms with van der Waals surface area (Å²) in [7, 11) is 1.87. The molecule has 1 amide bonds. The fraction of sp³-hybridized carbons (Fsp3) is 0.385. The number of nitrogens with one attached hydrogen (secondary N) is 2. The van der Waals surface area contributed by atoms with Crippen molar-refractivity contribution in [2.24, 2.45) is 0 Å². The summed E-state index contributed by atoms with van der Waals surface area (Å²) in [6.45, 7) is 2.80. The van der Waals surface area contributed by atoms with Crippen LogP contribution < -0.4 is 10.6 Å². The van der Waals surface area contributed by atoms with E-state index in [1.54, 1.807) is 4.68 Å². The second kappa shape index (κ2) is 6.76. The smallest absolute Gasteiger partial charge is 0.224 e. The van der Waals surface area contributed by atoms with Crippen LogP contribution in [-0.4, -0.2) is 39.7 Å². The number of rotatable bonds is 6. The van der Waals surface area contributed by atoms with Crippen LogP contribution in [-0.2, 0) is 4.79 Å². The summed E-state index contributed by atoms with van der Waals surface area (Å²) in [4.78, 5) is 11.8. The molecule has 2 rings (SSSR count). The highest BCUT2D eigenvalue weighted by Crippen LogP contribution is 2.18. The molecule has 0 radical (unpaired) electrons. The summed E-state index contributed by atoms with van der Waals surface area (Å²) in [6.07, 6.45) is 2.84. The molecular formula is C13H18N6O. The molecule has 0 spiro atoms. The predicted molar refractivity (Wildman–Crippen MR) is 75.7 cm³/mol. The van der Waals surface area contributed by atoms with Gasteiger partial charge in [-0.15, -0.1) is 5.10 Å². The number of benzene rings is 1. The Bertz CT molecular complexity index is 566. The van der Waals surface area contributed by atoms with Crippen LogP contribution in [0.25, 0.3) is 5.69 Å². The Morgan fingerprint density at radius 2 is 2.25 bits per heavy atom. The summed E-state index contributed by atoms with van der Waals surface area (Å²) in [5, 5.41) is 17.0. The summed E-state index contributed by atoms with van der Waals surface area (Å²) in [6, 6.07) is 5.67. The van der Waals surface area contributed by atoms with Crippen molar-refractivity contribution in [1.29, 1.82) is 0 Å². The number of carbonyl (C=O) groups excluding carboxylic acids is 1. The third-order valence-corrected chi connectivity index (χ3v) is 2.92. The zero-order chi connectivity index (χ0) is 14.4. The van der Waals surface area contributed by atoms with Crippen LogP contribution in [0, 0.1) is 6.92 Å². The van der Waals surface area contributed by atoms with Crippen LogP contribution in [0.5, 0.6) is 0 Å². The van der Waals surface area contributed by atoms with Gasteiger partial charge in [0.2, 0.25) is 5.91 Å². The molecule has 0 saturated heterocycles. The third kappa shape index (κ3) is 3.61. The maximum atomic E-state index is 11.8. The van der Waals surface area contributed by atoms with E-state index in [-0.39, 0.29) is 5.91 Å². The highest BCUT2D eigenvalue weighted by Gasteiger charge is 2.07. The Hall–Kier alpha value is -2.28. The van der Waals surface area contributed by atoms with E-state index in [0.717, 1.165) is 29.9 Å². The van der Waals surface area contributed by atoms with Crippen molar-refractivity contribution in [2.75, 3.05) is 18.9 Å². The van der Waals surface area contributed by atoms with Gasteiger partial charge in [0.15, 0.2) is 0 Å². The molecule has 0 aliphatic heterocycles. The van der Waals surface area contributed by atoms with Crippen molar-refractivity contribution in [1.82, 2.24) is 25.5 Å². The van der Waals surface area contributed by atoms with Crippen LogP contribution in [0.4, 0.5) is 5.69 Å². The molecule has 1 heterocycles. The number of carbonyl (C=O) groups is 1. The molecule has 0 bridgehead atoms. The maximum absolute atomic E-state index is 11.8. The minimum atomic E-state index is 0.00627. The lowest BCUT2D eigenvalue weighted by Gasteiger charge is -2.09. The summed E-state index contributed by atoms with van der Waals surface area (Å²) in [5.41, 5.74) is 2.63. The SMILES string of the molecule is CNCCCC(=O)Nc1ccc(C)c(-n2cnnn2)c1. The Kier molecular flexibility index (Phi) is 4.78. The summed E-state index contributed by atoms with van der Waals surface area (Å²) >= 11 is 0. The Balaban J connectivity index is 2.06. The molecule has 7 heteroatoms. The monoisotopic (exact) mass is 274 g/mol. The van der Waals surface area contributed by atoms with Crippen LogP contribution in [0.15, 0.2) is 24.5 Å². The molecule has 106 valence electrons. The van der Waals surface area contributed by atoms with Gasteiger partial charge in [0, 0.05) is 12.1 Å². The lowest BCUT2D eigenvalue weighted by molar-refractivity contribution is -0.116. The maximum Gasteiger partial charge on any atom is 0.224 e. The van der Waals surface area contributed by atoms with Crippen molar-refractivity contribution >= 4 is 11.6 Å². The lowest BCUT2D eigenvalue weighted by Crippen LogP contribution is -2.15. The fourth-order valence-electron chi connectivity index (χ4n) is 1.85. The quantitative estimate of drug-likeness (QED) is 0.765. The highest BCUT2D eigenvalue weighted by molar-refractivity contribution is 5.91. The van der Waals surface area contributed by atoms with Gasteiger partial charge in [0.05, 0.1) is 5.69 Å². The van der Waals surface area contributed by atoms with Crippen molar-refractivity contribution in [3.8, 4) is 5.69 Å². The Morgan fingerprint density at radius 3 is 2.95 bits per heavy atom. The van der Waals surface area contributed by atoms with Crippen molar-refractivity contribution in [3.63, 3.8) is 0 Å². The van der Waals surface area contributed by atoms with E-state index in [1.165, 1.54) is 6.33 Å². The second-order valence-corrected chi connectivity index (χ2v) is 4.51. The third-order valence-electron chi connectivity index (χ3n) is 2.92. The molecule has 0 unspecified atom stereocenters. The largest absolute Gasteiger partial charge is 0.326 e. The van der Waals surface area contributed by atoms with Crippen molar-refractivity contribution < 1.29 is 4.79 Å². The molecule has 2 aromatic rings. The van der Waals surface area contributed by atoms with Gasteiger partial charge >= 0.3 is 0 Å². The zero-order valence-electron chi connectivity index (χ0n) is 11.6. The molecule has 0 atom stereocenters. The first-order valence-corrected chi connectivity index (χ1v) is 6.49. The number of nitrogens with zero attached hydrogens (tertiary/aromatic N) is 4. The average Bonchev–Trinajstić information content (AvgIpc) is 2.95. The molecule has 0 aliphatic rings. The summed E-state index contributed by atoms with van der Waals surface area (Å²) in [5.74, 6) is 0.00627. The van der Waals surface area contributed by atoms with Crippen molar-refractivity contribution in [3.05, 3.63) is 30.1 Å². The number of tetrazole rings is 1. The second-order valence-electron chi connectivity index (χ2n) is 4.51. The number of hydrogen-bond acceptors (Lipinski definition) is 5. The first-order chi connectivity index (χ1) is 9.70. The number of hydrogen-bond donors (Lipinski definition) is 2. The summed E-state index contributed by atoms with van der Waals surface area (Å²) < 4.78 is 1.58. The van der Waals surface area contributed by atoms with E-state index in [0.29, 0.717) is 6.42 Å². The standard InChI is InChI=1S/C13H18N6O/c1-10-5-6-11(16-13(20)4-3-7-14-2)8-12(10)19-9-15-17-18-19/h5-6,8-9,14H,3-4,7H2,1-2H3,(H,16,20). The van der Waals surface area contributed by atoms with Crippen LogP contribution in [0.2, 0.25) is 0 Å². The minimum Gasteiger partial charge on any atom is -0.326 e. The van der Waals surface area contributed by atoms with Gasteiger partial charge in [0.1, 0.15) is 6.33 Å². The van der Waals surface area contributed by atoms with E-state index < -0.39 is 0 Å². The molecule has 1 aromatic heterocycles. The van der Waals surface area contributed by atoms with Gasteiger partial charge in [-0.05, 0) is 55.1 Å². The van der Waals surface area contributed by atoms with Gasteiger partial charge < -0.3 is 10.6 Å². The van der Waals surface area contributed by atoms with E-state index in [4.69, 9.17) is 0 Å². The fourth-order valence-corrected chi connectivity index (χ4v) is 1.85. The van der Waals surface area contributed by atoms with Crippen molar-refractivity contribution in [2.45, 2.75) is 19.8 Å². The minimum absolute atomic E-state index is 0.00627. The molecule has 1 aromatic carbocycles. The molecule has 0 saturated carbocycles. The van der Waals surface area contributed by atoms with Crippen LogP contribution in [0.3, 0.4) is 0 Å². The first-order valence-electron chi connectivity index (χ1n) is 6.49. The normalized spacial score (nSPS) is 10.5. The number of amides is 1. The number of aryl methyl sites for hydroxylation is 1. The van der Waals surface area contributed by atoms with Crippen LogP contribution in [0.1, 0.15) is 18.4 Å². The van der Waals surface area contributed by atoms with Gasteiger partial charge in [0.25, 0.3) is 0 Å². The molecule has 0 aliphatic carbocycles. The van der Waals surface area contributed by atoms with Gasteiger partial charge in [-0.1, -0.05) is 6.07 Å². The van der Waals surface area contributed by atoms with Gasteiger partial charge in [-0.2, -0.15) is 0 Å². The predicted octanol–water partition coefficient (Wildman–Crippen LogP) is 0.909.